The van der Waals surface area contributed by atoms with Gasteiger partial charge in [0.25, 0.3) is 11.5 Å². The lowest BCUT2D eigenvalue weighted by Crippen LogP contribution is -2.55. The SMILES string of the molecule is C[C@@H]1CN(c2cc(F)c(-c3ccc(OC4CCOCC4)nc3)c(F)c2-n2cc(C(N)=O)c(C(F)(F)F)cc2=O)C[C@H](C)N1C. The number of rotatable bonds is 6. The van der Waals surface area contributed by atoms with E-state index in [0.717, 1.165) is 6.07 Å². The number of halogens is 5. The molecule has 0 bridgehead atoms. The standard InChI is InChI=1S/C30H32F5N5O4/c1-16-13-39(14-17(2)38(16)3)23-11-22(31)26(18-4-5-24(37-12-18)44-19-6-8-43-9-7-19)27(32)28(23)40-15-20(29(36)42)21(10-25(40)41)30(33,34)35/h4-5,10-12,15-17,19H,6-9,13-14H2,1-3H3,(H2,36,42)/t16-,17+. The maximum absolute atomic E-state index is 16.7. The van der Waals surface area contributed by atoms with Gasteiger partial charge in [-0.2, -0.15) is 13.2 Å². The van der Waals surface area contributed by atoms with Gasteiger partial charge < -0.3 is 20.1 Å². The van der Waals surface area contributed by atoms with Crippen LogP contribution in [0.15, 0.2) is 41.5 Å². The quantitative estimate of drug-likeness (QED) is 0.408. The molecule has 2 saturated heterocycles. The Labute approximate surface area is 250 Å². The highest BCUT2D eigenvalue weighted by Crippen LogP contribution is 2.39. The molecule has 2 atom stereocenters. The number of amides is 1. The fraction of sp³-hybridized carbons (Fsp3) is 0.433. The number of hydrogen-bond donors (Lipinski definition) is 1. The molecular weight excluding hydrogens is 589 g/mol. The van der Waals surface area contributed by atoms with Gasteiger partial charge in [-0.3, -0.25) is 19.1 Å². The first-order valence-electron chi connectivity index (χ1n) is 14.1. The summed E-state index contributed by atoms with van der Waals surface area (Å²) in [5.74, 6) is -3.43. The third-order valence-corrected chi connectivity index (χ3v) is 8.22. The van der Waals surface area contributed by atoms with E-state index in [4.69, 9.17) is 15.2 Å². The fourth-order valence-electron chi connectivity index (χ4n) is 5.63. The topological polar surface area (TPSA) is 103 Å². The summed E-state index contributed by atoms with van der Waals surface area (Å²) in [7, 11) is 1.90. The van der Waals surface area contributed by atoms with Crippen LogP contribution in [0.25, 0.3) is 16.8 Å². The molecule has 2 aromatic heterocycles. The number of nitrogens with zero attached hydrogens (tertiary/aromatic N) is 4. The summed E-state index contributed by atoms with van der Waals surface area (Å²) in [5.41, 5.74) is 0.234. The normalized spacial score (nSPS) is 20.1. The molecule has 4 heterocycles. The number of carbonyl (C=O) groups is 1. The third kappa shape index (κ3) is 6.13. The van der Waals surface area contributed by atoms with E-state index in [9.17, 15) is 22.8 Å². The first-order chi connectivity index (χ1) is 20.8. The van der Waals surface area contributed by atoms with Crippen LogP contribution in [-0.2, 0) is 10.9 Å². The van der Waals surface area contributed by atoms with E-state index in [1.165, 1.54) is 18.3 Å². The Hall–Kier alpha value is -4.04. The predicted molar refractivity (Wildman–Crippen MR) is 152 cm³/mol. The maximum atomic E-state index is 16.7. The third-order valence-electron chi connectivity index (χ3n) is 8.22. The first kappa shape index (κ1) is 31.4. The predicted octanol–water partition coefficient (Wildman–Crippen LogP) is 4.38. The molecule has 2 fully saturated rings. The van der Waals surface area contributed by atoms with Crippen LogP contribution < -0.4 is 20.9 Å². The van der Waals surface area contributed by atoms with Gasteiger partial charge in [0.05, 0.1) is 35.6 Å². The highest BCUT2D eigenvalue weighted by molar-refractivity contribution is 5.94. The molecule has 3 aromatic rings. The zero-order valence-corrected chi connectivity index (χ0v) is 24.3. The Morgan fingerprint density at radius 3 is 2.32 bits per heavy atom. The Balaban J connectivity index is 1.68. The Kier molecular flexibility index (Phi) is 8.67. The average molecular weight is 622 g/mol. The number of aromatic nitrogens is 2. The van der Waals surface area contributed by atoms with E-state index in [0.29, 0.717) is 49.9 Å². The van der Waals surface area contributed by atoms with Crippen LogP contribution in [0.5, 0.6) is 5.88 Å². The summed E-state index contributed by atoms with van der Waals surface area (Å²) in [6.07, 6.45) is -2.11. The number of nitrogens with two attached hydrogens (primary N) is 1. The smallest absolute Gasteiger partial charge is 0.417 e. The van der Waals surface area contributed by atoms with Crippen molar-refractivity contribution in [3.63, 3.8) is 0 Å². The number of ether oxygens (including phenoxy) is 2. The molecule has 236 valence electrons. The van der Waals surface area contributed by atoms with Crippen molar-refractivity contribution in [2.75, 3.05) is 38.3 Å². The van der Waals surface area contributed by atoms with Crippen molar-refractivity contribution in [3.05, 3.63) is 69.8 Å². The van der Waals surface area contributed by atoms with E-state index >= 15 is 8.78 Å². The largest absolute Gasteiger partial charge is 0.474 e. The highest BCUT2D eigenvalue weighted by atomic mass is 19.4. The minimum atomic E-state index is -5.08. The van der Waals surface area contributed by atoms with Crippen molar-refractivity contribution in [1.29, 1.82) is 0 Å². The number of benzene rings is 1. The van der Waals surface area contributed by atoms with Gasteiger partial charge in [-0.25, -0.2) is 13.8 Å². The molecule has 0 unspecified atom stereocenters. The van der Waals surface area contributed by atoms with Gasteiger partial charge in [0.2, 0.25) is 5.88 Å². The summed E-state index contributed by atoms with van der Waals surface area (Å²) < 4.78 is 85.4. The summed E-state index contributed by atoms with van der Waals surface area (Å²) in [5, 5.41) is 0. The molecule has 1 amide bonds. The van der Waals surface area contributed by atoms with E-state index in [-0.39, 0.29) is 41.4 Å². The number of hydrogen-bond acceptors (Lipinski definition) is 7. The minimum Gasteiger partial charge on any atom is -0.474 e. The van der Waals surface area contributed by atoms with Gasteiger partial charge in [-0.1, -0.05) is 0 Å². The lowest BCUT2D eigenvalue weighted by atomic mass is 10.0. The van der Waals surface area contributed by atoms with Crippen LogP contribution >= 0.6 is 0 Å². The summed E-state index contributed by atoms with van der Waals surface area (Å²) in [4.78, 5) is 33.2. The molecule has 14 heteroatoms. The van der Waals surface area contributed by atoms with Gasteiger partial charge in [0.1, 0.15) is 17.6 Å². The molecule has 2 aliphatic rings. The lowest BCUT2D eigenvalue weighted by molar-refractivity contribution is -0.138. The van der Waals surface area contributed by atoms with Crippen molar-refractivity contribution in [2.45, 2.75) is 51.1 Å². The van der Waals surface area contributed by atoms with E-state index in [1.807, 2.05) is 20.9 Å². The molecule has 44 heavy (non-hydrogen) atoms. The Morgan fingerprint density at radius 2 is 1.75 bits per heavy atom. The number of primary amides is 1. The second-order valence-corrected chi connectivity index (χ2v) is 11.2. The number of anilines is 1. The second kappa shape index (κ2) is 12.2. The van der Waals surface area contributed by atoms with Crippen molar-refractivity contribution >= 4 is 11.6 Å². The first-order valence-corrected chi connectivity index (χ1v) is 14.1. The number of likely N-dealkylation sites (N-methyl/N-ethyl adjacent to an activating group) is 1. The molecule has 2 N–H and O–H groups in total. The molecular formula is C30H32F5N5O4. The van der Waals surface area contributed by atoms with Gasteiger partial charge in [-0.05, 0) is 27.0 Å². The van der Waals surface area contributed by atoms with Gasteiger partial charge in [0, 0.05) is 74.2 Å². The van der Waals surface area contributed by atoms with Crippen LogP contribution in [0.2, 0.25) is 0 Å². The number of alkyl halides is 3. The Bertz CT molecular complexity index is 1590. The van der Waals surface area contributed by atoms with Crippen LogP contribution in [0.1, 0.15) is 42.6 Å². The monoisotopic (exact) mass is 621 g/mol. The van der Waals surface area contributed by atoms with Crippen molar-refractivity contribution in [2.24, 2.45) is 5.73 Å². The van der Waals surface area contributed by atoms with Crippen LogP contribution in [0.4, 0.5) is 27.6 Å². The fourth-order valence-corrected chi connectivity index (χ4v) is 5.63. The molecule has 2 aliphatic heterocycles. The number of piperazine rings is 1. The summed E-state index contributed by atoms with van der Waals surface area (Å²) in [6.45, 7) is 5.50. The summed E-state index contributed by atoms with van der Waals surface area (Å²) >= 11 is 0. The van der Waals surface area contributed by atoms with E-state index in [2.05, 4.69) is 9.88 Å². The number of pyridine rings is 2. The van der Waals surface area contributed by atoms with Crippen LogP contribution in [0.3, 0.4) is 0 Å². The number of carbonyl (C=O) groups excluding carboxylic acids is 1. The van der Waals surface area contributed by atoms with Crippen molar-refractivity contribution in [3.8, 4) is 22.7 Å². The van der Waals surface area contributed by atoms with Crippen molar-refractivity contribution in [1.82, 2.24) is 14.5 Å². The van der Waals surface area contributed by atoms with Gasteiger partial charge in [0.15, 0.2) is 5.82 Å². The average Bonchev–Trinajstić information content (AvgIpc) is 2.96. The molecule has 0 spiro atoms. The van der Waals surface area contributed by atoms with E-state index < -0.39 is 51.7 Å². The van der Waals surface area contributed by atoms with Crippen molar-refractivity contribution < 1.29 is 36.2 Å². The zero-order chi connectivity index (χ0) is 31.9. The van der Waals surface area contributed by atoms with Gasteiger partial charge >= 0.3 is 6.18 Å². The molecule has 0 radical (unpaired) electrons. The lowest BCUT2D eigenvalue weighted by Gasteiger charge is -2.44. The second-order valence-electron chi connectivity index (χ2n) is 11.2. The summed E-state index contributed by atoms with van der Waals surface area (Å²) in [6, 6.07) is 3.93. The van der Waals surface area contributed by atoms with Crippen LogP contribution in [0, 0.1) is 11.6 Å². The Morgan fingerprint density at radius 1 is 1.09 bits per heavy atom. The highest BCUT2D eigenvalue weighted by Gasteiger charge is 2.37. The van der Waals surface area contributed by atoms with E-state index in [1.54, 1.807) is 4.90 Å². The molecule has 9 nitrogen and oxygen atoms in total. The zero-order valence-electron chi connectivity index (χ0n) is 24.3. The minimum absolute atomic E-state index is 0.00215. The van der Waals surface area contributed by atoms with Crippen LogP contribution in [-0.4, -0.2) is 71.9 Å². The molecule has 5 rings (SSSR count). The van der Waals surface area contributed by atoms with Gasteiger partial charge in [-0.15, -0.1) is 0 Å². The molecule has 0 saturated carbocycles. The molecule has 0 aliphatic carbocycles. The molecule has 1 aromatic carbocycles. The maximum Gasteiger partial charge on any atom is 0.417 e.